The average Bonchev–Trinajstić information content (AvgIpc) is 3.07. The second-order valence-electron chi connectivity index (χ2n) is 7.54. The number of esters is 1. The number of hydrogen-bond acceptors (Lipinski definition) is 6. The van der Waals surface area contributed by atoms with Crippen LogP contribution in [0.3, 0.4) is 0 Å². The number of thiophene rings is 1. The van der Waals surface area contributed by atoms with Gasteiger partial charge in [0.05, 0.1) is 4.88 Å². The summed E-state index contributed by atoms with van der Waals surface area (Å²) in [6, 6.07) is 3.58. The zero-order valence-corrected chi connectivity index (χ0v) is 17.7. The largest absolute Gasteiger partial charge is 0.459 e. The van der Waals surface area contributed by atoms with E-state index in [0.717, 1.165) is 0 Å². The van der Waals surface area contributed by atoms with Crippen molar-refractivity contribution in [3.8, 4) is 0 Å². The topological polar surface area (TPSA) is 79.0 Å². The van der Waals surface area contributed by atoms with E-state index in [1.54, 1.807) is 26.8 Å². The molecule has 0 saturated carbocycles. The number of hydrogen-bond donors (Lipinski definition) is 1. The molecule has 1 heterocycles. The fourth-order valence-electron chi connectivity index (χ4n) is 2.24. The van der Waals surface area contributed by atoms with Crippen molar-refractivity contribution in [3.63, 3.8) is 0 Å². The van der Waals surface area contributed by atoms with Crippen LogP contribution in [0, 0.1) is 0 Å². The van der Waals surface area contributed by atoms with E-state index in [4.69, 9.17) is 4.74 Å². The number of ether oxygens (including phenoxy) is 1. The Morgan fingerprint density at radius 1 is 1.19 bits per heavy atom. The minimum atomic E-state index is -0.584. The maximum atomic E-state index is 12.5. The predicted octanol–water partition coefficient (Wildman–Crippen LogP) is 1.99. The molecule has 0 aliphatic heterocycles. The molecule has 0 aromatic carbocycles. The molecule has 0 bridgehead atoms. The standard InChI is InChI=1S/C19H31N3O4S/c1-19(2,3)26-17(24)14-22(12-11-21(4)5)16(23)9-6-10-20-18(25)15-8-7-13-27-15/h7-8,13H,6,9-12,14H2,1-5H3,(H,20,25). The van der Waals surface area contributed by atoms with E-state index in [9.17, 15) is 14.4 Å². The molecule has 1 N–H and O–H groups in total. The Balaban J connectivity index is 2.46. The quantitative estimate of drug-likeness (QED) is 0.482. The van der Waals surface area contributed by atoms with E-state index in [-0.39, 0.29) is 24.8 Å². The normalized spacial score (nSPS) is 11.3. The first-order valence-corrected chi connectivity index (χ1v) is 9.92. The molecule has 0 fully saturated rings. The van der Waals surface area contributed by atoms with Gasteiger partial charge in [0, 0.05) is 26.1 Å². The number of carbonyl (C=O) groups is 3. The molecule has 0 spiro atoms. The first-order chi connectivity index (χ1) is 12.6. The summed E-state index contributed by atoms with van der Waals surface area (Å²) in [6.07, 6.45) is 0.781. The van der Waals surface area contributed by atoms with E-state index in [2.05, 4.69) is 5.32 Å². The molecule has 2 amide bonds. The van der Waals surface area contributed by atoms with Gasteiger partial charge in [-0.3, -0.25) is 14.4 Å². The Morgan fingerprint density at radius 3 is 2.44 bits per heavy atom. The van der Waals surface area contributed by atoms with Crippen LogP contribution in [0.4, 0.5) is 0 Å². The summed E-state index contributed by atoms with van der Waals surface area (Å²) in [5, 5.41) is 4.65. The van der Waals surface area contributed by atoms with Crippen molar-refractivity contribution in [3.05, 3.63) is 22.4 Å². The summed E-state index contributed by atoms with van der Waals surface area (Å²) in [5.74, 6) is -0.663. The molecule has 1 aromatic heterocycles. The van der Waals surface area contributed by atoms with Crippen LogP contribution in [0.2, 0.25) is 0 Å². The highest BCUT2D eigenvalue weighted by atomic mass is 32.1. The number of nitrogens with zero attached hydrogens (tertiary/aromatic N) is 2. The number of carbonyl (C=O) groups excluding carboxylic acids is 3. The molecule has 8 heteroatoms. The second kappa shape index (κ2) is 11.0. The Kier molecular flexibility index (Phi) is 9.45. The first-order valence-electron chi connectivity index (χ1n) is 9.04. The van der Waals surface area contributed by atoms with Gasteiger partial charge in [0.25, 0.3) is 5.91 Å². The van der Waals surface area contributed by atoms with E-state index < -0.39 is 11.6 Å². The molecule has 0 saturated heterocycles. The lowest BCUT2D eigenvalue weighted by molar-refractivity contribution is -0.159. The van der Waals surface area contributed by atoms with Crippen LogP contribution in [-0.4, -0.2) is 73.5 Å². The van der Waals surface area contributed by atoms with Gasteiger partial charge in [-0.1, -0.05) is 6.07 Å². The van der Waals surface area contributed by atoms with Crippen LogP contribution in [0.5, 0.6) is 0 Å². The summed E-state index contributed by atoms with van der Waals surface area (Å²) in [4.78, 5) is 40.6. The van der Waals surface area contributed by atoms with Crippen molar-refractivity contribution >= 4 is 29.1 Å². The molecular formula is C19H31N3O4S. The van der Waals surface area contributed by atoms with Crippen molar-refractivity contribution in [1.29, 1.82) is 0 Å². The van der Waals surface area contributed by atoms with Gasteiger partial charge in [0.1, 0.15) is 12.1 Å². The smallest absolute Gasteiger partial charge is 0.326 e. The molecule has 0 aliphatic carbocycles. The maximum absolute atomic E-state index is 12.5. The molecule has 27 heavy (non-hydrogen) atoms. The van der Waals surface area contributed by atoms with Crippen LogP contribution in [-0.2, 0) is 14.3 Å². The van der Waals surface area contributed by atoms with Gasteiger partial charge in [-0.25, -0.2) is 0 Å². The highest BCUT2D eigenvalue weighted by molar-refractivity contribution is 7.12. The van der Waals surface area contributed by atoms with E-state index in [1.165, 1.54) is 16.2 Å². The Labute approximate surface area is 165 Å². The molecule has 1 aromatic rings. The fourth-order valence-corrected chi connectivity index (χ4v) is 2.88. The summed E-state index contributed by atoms with van der Waals surface area (Å²) in [7, 11) is 3.83. The van der Waals surface area contributed by atoms with Crippen LogP contribution in [0.1, 0.15) is 43.3 Å². The molecule has 0 radical (unpaired) electrons. The minimum absolute atomic E-state index is 0.0640. The lowest BCUT2D eigenvalue weighted by Crippen LogP contribution is -2.42. The molecule has 0 unspecified atom stereocenters. The Morgan fingerprint density at radius 2 is 1.89 bits per heavy atom. The highest BCUT2D eigenvalue weighted by Gasteiger charge is 2.22. The highest BCUT2D eigenvalue weighted by Crippen LogP contribution is 2.09. The Bertz CT molecular complexity index is 609. The van der Waals surface area contributed by atoms with Crippen LogP contribution < -0.4 is 5.32 Å². The lowest BCUT2D eigenvalue weighted by atomic mass is 10.2. The predicted molar refractivity (Wildman–Crippen MR) is 107 cm³/mol. The van der Waals surface area contributed by atoms with Crippen LogP contribution in [0.15, 0.2) is 17.5 Å². The zero-order chi connectivity index (χ0) is 20.4. The fraction of sp³-hybridized carbons (Fsp3) is 0.632. The summed E-state index contributed by atoms with van der Waals surface area (Å²) >= 11 is 1.38. The van der Waals surface area contributed by atoms with Gasteiger partial charge < -0.3 is 19.9 Å². The number of nitrogens with one attached hydrogen (secondary N) is 1. The first kappa shape index (κ1) is 23.1. The SMILES string of the molecule is CN(C)CCN(CC(=O)OC(C)(C)C)C(=O)CCCNC(=O)c1cccs1. The van der Waals surface area contributed by atoms with Gasteiger partial charge in [-0.2, -0.15) is 0 Å². The Hall–Kier alpha value is -1.93. The monoisotopic (exact) mass is 397 g/mol. The number of likely N-dealkylation sites (N-methyl/N-ethyl adjacent to an activating group) is 1. The molecule has 1 rings (SSSR count). The number of amides is 2. The third-order valence-corrected chi connectivity index (χ3v) is 4.38. The van der Waals surface area contributed by atoms with Gasteiger partial charge >= 0.3 is 5.97 Å². The van der Waals surface area contributed by atoms with Crippen LogP contribution >= 0.6 is 11.3 Å². The molecule has 7 nitrogen and oxygen atoms in total. The van der Waals surface area contributed by atoms with Crippen molar-refractivity contribution < 1.29 is 19.1 Å². The van der Waals surface area contributed by atoms with Crippen molar-refractivity contribution in [2.24, 2.45) is 0 Å². The second-order valence-corrected chi connectivity index (χ2v) is 8.49. The molecule has 0 atom stereocenters. The van der Waals surface area contributed by atoms with E-state index in [1.807, 2.05) is 30.4 Å². The van der Waals surface area contributed by atoms with E-state index >= 15 is 0 Å². The summed E-state index contributed by atoms with van der Waals surface area (Å²) in [6.45, 7) is 6.85. The van der Waals surface area contributed by atoms with Gasteiger partial charge in [-0.15, -0.1) is 11.3 Å². The zero-order valence-electron chi connectivity index (χ0n) is 16.9. The molecule has 0 aliphatic rings. The summed E-state index contributed by atoms with van der Waals surface area (Å²) in [5.41, 5.74) is -0.584. The lowest BCUT2D eigenvalue weighted by Gasteiger charge is -2.26. The van der Waals surface area contributed by atoms with Crippen molar-refractivity contribution in [1.82, 2.24) is 15.1 Å². The third kappa shape index (κ3) is 10.1. The van der Waals surface area contributed by atoms with E-state index in [0.29, 0.717) is 30.9 Å². The van der Waals surface area contributed by atoms with Crippen molar-refractivity contribution in [2.75, 3.05) is 40.3 Å². The third-order valence-electron chi connectivity index (χ3n) is 3.51. The number of rotatable bonds is 10. The van der Waals surface area contributed by atoms with Gasteiger partial charge in [-0.05, 0) is 52.7 Å². The molecule has 152 valence electrons. The van der Waals surface area contributed by atoms with Gasteiger partial charge in [0.15, 0.2) is 0 Å². The minimum Gasteiger partial charge on any atom is -0.459 e. The molecular weight excluding hydrogens is 366 g/mol. The maximum Gasteiger partial charge on any atom is 0.326 e. The van der Waals surface area contributed by atoms with Crippen LogP contribution in [0.25, 0.3) is 0 Å². The summed E-state index contributed by atoms with van der Waals surface area (Å²) < 4.78 is 5.32. The average molecular weight is 398 g/mol. The van der Waals surface area contributed by atoms with Gasteiger partial charge in [0.2, 0.25) is 5.91 Å². The van der Waals surface area contributed by atoms with Crippen molar-refractivity contribution in [2.45, 2.75) is 39.2 Å².